The number of benzene rings is 3. The summed E-state index contributed by atoms with van der Waals surface area (Å²) in [6.07, 6.45) is 0. The summed E-state index contributed by atoms with van der Waals surface area (Å²) in [5.74, 6) is 0.462. The van der Waals surface area contributed by atoms with Gasteiger partial charge in [0.05, 0.1) is 21.4 Å². The van der Waals surface area contributed by atoms with Crippen molar-refractivity contribution < 1.29 is 9.21 Å². The number of fused-ring (bicyclic) bond motifs is 2. The van der Waals surface area contributed by atoms with E-state index >= 15 is 0 Å². The second-order valence-electron chi connectivity index (χ2n) is 6.62. The molecule has 0 spiro atoms. The van der Waals surface area contributed by atoms with E-state index in [9.17, 15) is 4.79 Å². The Hall–Kier alpha value is -2.37. The zero-order valence-corrected chi connectivity index (χ0v) is 18.3. The van der Waals surface area contributed by atoms with E-state index in [0.717, 1.165) is 26.7 Å². The Bertz CT molecular complexity index is 1300. The number of hydrogen-bond acceptors (Lipinski definition) is 3. The van der Waals surface area contributed by atoms with E-state index in [1.165, 1.54) is 0 Å². The lowest BCUT2D eigenvalue weighted by atomic mass is 10.2. The van der Waals surface area contributed by atoms with Crippen molar-refractivity contribution >= 4 is 63.8 Å². The Kier molecular flexibility index (Phi) is 5.03. The number of rotatable bonds is 2. The van der Waals surface area contributed by atoms with Crippen LogP contribution < -0.4 is 4.90 Å². The first-order valence-corrected chi connectivity index (χ1v) is 10.9. The molecule has 0 radical (unpaired) electrons. The van der Waals surface area contributed by atoms with Gasteiger partial charge < -0.3 is 4.42 Å². The molecule has 0 atom stereocenters. The third-order valence-corrected chi connectivity index (χ3v) is 6.82. The molecule has 0 bridgehead atoms. The van der Waals surface area contributed by atoms with Crippen molar-refractivity contribution in [1.82, 2.24) is 0 Å². The van der Waals surface area contributed by atoms with Gasteiger partial charge in [0.15, 0.2) is 5.76 Å². The van der Waals surface area contributed by atoms with Gasteiger partial charge >= 0.3 is 0 Å². The first-order valence-electron chi connectivity index (χ1n) is 8.97. The molecule has 3 aromatic carbocycles. The molecule has 7 heteroatoms. The smallest absolute Gasteiger partial charge is 0.298 e. The predicted molar refractivity (Wildman–Crippen MR) is 123 cm³/mol. The third-order valence-electron chi connectivity index (χ3n) is 4.71. The Morgan fingerprint density at radius 2 is 1.60 bits per heavy atom. The molecule has 0 unspecified atom stereocenters. The van der Waals surface area contributed by atoms with Crippen molar-refractivity contribution in [1.29, 1.82) is 0 Å². The summed E-state index contributed by atoms with van der Waals surface area (Å²) in [7, 11) is 0. The van der Waals surface area contributed by atoms with E-state index in [-0.39, 0.29) is 11.7 Å². The molecule has 0 N–H and O–H groups in total. The molecule has 3 nitrogen and oxygen atoms in total. The second kappa shape index (κ2) is 7.71. The second-order valence-corrected chi connectivity index (χ2v) is 8.95. The zero-order valence-electron chi connectivity index (χ0n) is 15.2. The molecule has 0 saturated carbocycles. The van der Waals surface area contributed by atoms with Crippen LogP contribution in [0.15, 0.2) is 87.0 Å². The highest BCUT2D eigenvalue weighted by Gasteiger charge is 2.30. The zero-order chi connectivity index (χ0) is 20.8. The van der Waals surface area contributed by atoms with Gasteiger partial charge in [-0.05, 0) is 60.7 Å². The quantitative estimate of drug-likeness (QED) is 0.294. The van der Waals surface area contributed by atoms with E-state index < -0.39 is 0 Å². The molecule has 1 amide bonds. The van der Waals surface area contributed by atoms with Gasteiger partial charge in [-0.2, -0.15) is 0 Å². The van der Waals surface area contributed by atoms with Crippen LogP contribution in [0.25, 0.3) is 11.3 Å². The van der Waals surface area contributed by atoms with Gasteiger partial charge in [-0.15, -0.1) is 0 Å². The molecule has 1 aliphatic rings. The lowest BCUT2D eigenvalue weighted by Gasteiger charge is -2.30. The minimum atomic E-state index is -0.280. The molecule has 0 saturated heterocycles. The summed E-state index contributed by atoms with van der Waals surface area (Å²) < 4.78 is 5.91. The van der Waals surface area contributed by atoms with Crippen LogP contribution in [0.3, 0.4) is 0 Å². The van der Waals surface area contributed by atoms with Gasteiger partial charge in [0.1, 0.15) is 5.76 Å². The SMILES string of the molecule is O=C(c1ccc(-c2ccc(Cl)c(Cl)c2)o1)N1c2ccccc2Sc2ccc(Cl)cc21. The van der Waals surface area contributed by atoms with Gasteiger partial charge in [-0.1, -0.05) is 58.7 Å². The number of carbonyl (C=O) groups excluding carboxylic acids is 1. The minimum absolute atomic E-state index is 0.212. The topological polar surface area (TPSA) is 33.5 Å². The fourth-order valence-electron chi connectivity index (χ4n) is 3.31. The number of furan rings is 1. The maximum absolute atomic E-state index is 13.5. The predicted octanol–water partition coefficient (Wildman–Crippen LogP) is 8.35. The maximum Gasteiger partial charge on any atom is 0.298 e. The Balaban J connectivity index is 1.58. The van der Waals surface area contributed by atoms with E-state index in [0.29, 0.717) is 20.8 Å². The number of hydrogen-bond donors (Lipinski definition) is 0. The van der Waals surface area contributed by atoms with Crippen molar-refractivity contribution in [3.8, 4) is 11.3 Å². The summed E-state index contributed by atoms with van der Waals surface area (Å²) in [5, 5.41) is 1.44. The minimum Gasteiger partial charge on any atom is -0.451 e. The normalized spacial score (nSPS) is 12.4. The van der Waals surface area contributed by atoms with E-state index in [1.807, 2.05) is 36.4 Å². The molecule has 30 heavy (non-hydrogen) atoms. The average Bonchev–Trinajstić information content (AvgIpc) is 3.24. The number of halogens is 3. The fraction of sp³-hybridized carbons (Fsp3) is 0. The molecule has 5 rings (SSSR count). The first kappa shape index (κ1) is 19.6. The number of nitrogens with zero attached hydrogens (tertiary/aromatic N) is 1. The van der Waals surface area contributed by atoms with Gasteiger partial charge in [0.2, 0.25) is 0 Å². The fourth-order valence-corrected chi connectivity index (χ4v) is 4.82. The van der Waals surface area contributed by atoms with Crippen LogP contribution in [-0.4, -0.2) is 5.91 Å². The van der Waals surface area contributed by atoms with Gasteiger partial charge in [-0.25, -0.2) is 0 Å². The molecule has 4 aromatic rings. The molecule has 1 aromatic heterocycles. The van der Waals surface area contributed by atoms with Crippen LogP contribution in [0.1, 0.15) is 10.6 Å². The van der Waals surface area contributed by atoms with Crippen molar-refractivity contribution in [3.05, 3.63) is 93.6 Å². The highest BCUT2D eigenvalue weighted by molar-refractivity contribution is 7.99. The number of anilines is 2. The molecule has 0 aliphatic carbocycles. The highest BCUT2D eigenvalue weighted by Crippen LogP contribution is 2.49. The van der Waals surface area contributed by atoms with E-state index in [1.54, 1.807) is 53.1 Å². The summed E-state index contributed by atoms with van der Waals surface area (Å²) >= 11 is 20.0. The third kappa shape index (κ3) is 3.40. The number of carbonyl (C=O) groups is 1. The molecule has 148 valence electrons. The van der Waals surface area contributed by atoms with Crippen LogP contribution in [-0.2, 0) is 0 Å². The van der Waals surface area contributed by atoms with Gasteiger partial charge in [-0.3, -0.25) is 9.69 Å². The largest absolute Gasteiger partial charge is 0.451 e. The molecular weight excluding hydrogens is 461 g/mol. The molecule has 1 aliphatic heterocycles. The van der Waals surface area contributed by atoms with E-state index in [4.69, 9.17) is 39.2 Å². The average molecular weight is 473 g/mol. The molecular formula is C23H12Cl3NO2S. The van der Waals surface area contributed by atoms with Crippen LogP contribution in [0, 0.1) is 0 Å². The highest BCUT2D eigenvalue weighted by atomic mass is 35.5. The Labute approximate surface area is 192 Å². The van der Waals surface area contributed by atoms with Crippen molar-refractivity contribution in [3.63, 3.8) is 0 Å². The molecule has 0 fully saturated rings. The summed E-state index contributed by atoms with van der Waals surface area (Å²) in [5.41, 5.74) is 2.25. The van der Waals surface area contributed by atoms with Crippen LogP contribution >= 0.6 is 46.6 Å². The van der Waals surface area contributed by atoms with Crippen molar-refractivity contribution in [2.75, 3.05) is 4.90 Å². The monoisotopic (exact) mass is 471 g/mol. The van der Waals surface area contributed by atoms with Crippen LogP contribution in [0.4, 0.5) is 11.4 Å². The Morgan fingerprint density at radius 1 is 0.800 bits per heavy atom. The maximum atomic E-state index is 13.5. The van der Waals surface area contributed by atoms with Crippen molar-refractivity contribution in [2.24, 2.45) is 0 Å². The Morgan fingerprint density at radius 3 is 2.43 bits per heavy atom. The lowest BCUT2D eigenvalue weighted by Crippen LogP contribution is -2.28. The first-order chi connectivity index (χ1) is 14.5. The van der Waals surface area contributed by atoms with Crippen LogP contribution in [0.5, 0.6) is 0 Å². The number of amides is 1. The van der Waals surface area contributed by atoms with Crippen LogP contribution in [0.2, 0.25) is 15.1 Å². The number of para-hydroxylation sites is 1. The summed E-state index contributed by atoms with van der Waals surface area (Å²) in [6.45, 7) is 0. The van der Waals surface area contributed by atoms with Gasteiger partial charge in [0, 0.05) is 20.4 Å². The molecule has 2 heterocycles. The van der Waals surface area contributed by atoms with E-state index in [2.05, 4.69) is 0 Å². The van der Waals surface area contributed by atoms with Gasteiger partial charge in [0.25, 0.3) is 5.91 Å². The lowest BCUT2D eigenvalue weighted by molar-refractivity contribution is 0.0972. The standard InChI is InChI=1S/C23H12Cl3NO2S/c24-14-6-10-22-18(12-14)27(17-3-1-2-4-21(17)30-22)23(28)20-9-8-19(29-20)13-5-7-15(25)16(26)11-13/h1-12H. The van der Waals surface area contributed by atoms with Crippen molar-refractivity contribution in [2.45, 2.75) is 9.79 Å². The summed E-state index contributed by atoms with van der Waals surface area (Å²) in [4.78, 5) is 17.1. The summed E-state index contributed by atoms with van der Waals surface area (Å²) in [6, 6.07) is 21.9.